The molecule has 3 heterocycles. The SMILES string of the molecule is C=CCn1c(SCc2ccc(Br)cc2)nnc1-c1cc(-c2ccc3c(c2)OCO3)nc2ccccc12. The molecule has 0 bridgehead atoms. The molecule has 0 spiro atoms. The van der Waals surface area contributed by atoms with Crippen LogP contribution in [0, 0.1) is 0 Å². The van der Waals surface area contributed by atoms with Crippen LogP contribution in [0.3, 0.4) is 0 Å². The van der Waals surface area contributed by atoms with Gasteiger partial charge in [-0.3, -0.25) is 4.57 Å². The molecular weight excluding hydrogens is 536 g/mol. The van der Waals surface area contributed by atoms with Gasteiger partial charge in [-0.25, -0.2) is 4.98 Å². The van der Waals surface area contributed by atoms with Gasteiger partial charge in [0, 0.05) is 33.3 Å². The minimum absolute atomic E-state index is 0.237. The number of allylic oxidation sites excluding steroid dienone is 1. The molecule has 2 aromatic heterocycles. The molecule has 0 fully saturated rings. The molecule has 0 radical (unpaired) electrons. The van der Waals surface area contributed by atoms with E-state index < -0.39 is 0 Å². The monoisotopic (exact) mass is 556 g/mol. The lowest BCUT2D eigenvalue weighted by molar-refractivity contribution is 0.174. The summed E-state index contributed by atoms with van der Waals surface area (Å²) in [4.78, 5) is 4.94. The second-order valence-electron chi connectivity index (χ2n) is 8.26. The number of rotatable bonds is 7. The maximum Gasteiger partial charge on any atom is 0.231 e. The summed E-state index contributed by atoms with van der Waals surface area (Å²) in [5.74, 6) is 3.06. The highest BCUT2D eigenvalue weighted by molar-refractivity contribution is 9.10. The number of hydrogen-bond acceptors (Lipinski definition) is 6. The van der Waals surface area contributed by atoms with E-state index in [2.05, 4.69) is 73.7 Å². The maximum atomic E-state index is 5.59. The van der Waals surface area contributed by atoms with Crippen LogP contribution in [0.5, 0.6) is 11.5 Å². The summed E-state index contributed by atoms with van der Waals surface area (Å²) in [5.41, 5.74) is 4.86. The van der Waals surface area contributed by atoms with Crippen LogP contribution < -0.4 is 9.47 Å². The van der Waals surface area contributed by atoms with Crippen LogP contribution >= 0.6 is 27.7 Å². The first-order valence-electron chi connectivity index (χ1n) is 11.4. The Morgan fingerprint density at radius 1 is 0.972 bits per heavy atom. The fourth-order valence-electron chi connectivity index (χ4n) is 4.18. The predicted octanol–water partition coefficient (Wildman–Crippen LogP) is 7.13. The summed E-state index contributed by atoms with van der Waals surface area (Å²) in [5, 5.41) is 11.1. The predicted molar refractivity (Wildman–Crippen MR) is 146 cm³/mol. The summed E-state index contributed by atoms with van der Waals surface area (Å²) in [7, 11) is 0. The van der Waals surface area contributed by atoms with Crippen LogP contribution in [0.1, 0.15) is 5.56 Å². The van der Waals surface area contributed by atoms with Crippen LogP contribution in [0.25, 0.3) is 33.5 Å². The third kappa shape index (κ3) is 4.38. The number of fused-ring (bicyclic) bond motifs is 2. The second-order valence-corrected chi connectivity index (χ2v) is 10.1. The molecule has 1 aliphatic rings. The highest BCUT2D eigenvalue weighted by Gasteiger charge is 2.19. The third-order valence-corrected chi connectivity index (χ3v) is 7.50. The lowest BCUT2D eigenvalue weighted by atomic mass is 10.0. The number of pyridine rings is 1. The Labute approximate surface area is 221 Å². The highest BCUT2D eigenvalue weighted by Crippen LogP contribution is 2.38. The van der Waals surface area contributed by atoms with Crippen LogP contribution in [0.15, 0.2) is 95.1 Å². The van der Waals surface area contributed by atoms with Crippen molar-refractivity contribution in [2.45, 2.75) is 17.5 Å². The van der Waals surface area contributed by atoms with Crippen molar-refractivity contribution in [3.63, 3.8) is 0 Å². The van der Waals surface area contributed by atoms with Crippen molar-refractivity contribution >= 4 is 38.6 Å². The molecule has 0 amide bonds. The summed E-state index contributed by atoms with van der Waals surface area (Å²) in [6, 6.07) is 24.4. The number of aromatic nitrogens is 4. The fraction of sp³-hybridized carbons (Fsp3) is 0.107. The molecule has 0 aliphatic carbocycles. The van der Waals surface area contributed by atoms with Gasteiger partial charge in [-0.15, -0.1) is 16.8 Å². The molecule has 5 aromatic rings. The average Bonchev–Trinajstić information content (AvgIpc) is 3.54. The van der Waals surface area contributed by atoms with Crippen LogP contribution in [0.2, 0.25) is 0 Å². The molecule has 0 N–H and O–H groups in total. The van der Waals surface area contributed by atoms with E-state index in [4.69, 9.17) is 14.5 Å². The Balaban J connectivity index is 1.43. The van der Waals surface area contributed by atoms with E-state index in [0.717, 1.165) is 60.4 Å². The molecule has 36 heavy (non-hydrogen) atoms. The number of halogens is 1. The number of hydrogen-bond donors (Lipinski definition) is 0. The number of thioether (sulfide) groups is 1. The molecule has 0 atom stereocenters. The zero-order valence-corrected chi connectivity index (χ0v) is 21.6. The van der Waals surface area contributed by atoms with Gasteiger partial charge in [0.05, 0.1) is 11.2 Å². The summed E-state index contributed by atoms with van der Waals surface area (Å²) in [6.45, 7) is 4.81. The van der Waals surface area contributed by atoms with Crippen molar-refractivity contribution in [3.8, 4) is 34.1 Å². The van der Waals surface area contributed by atoms with E-state index in [1.54, 1.807) is 11.8 Å². The molecule has 1 aliphatic heterocycles. The number of para-hydroxylation sites is 1. The number of nitrogens with zero attached hydrogens (tertiary/aromatic N) is 4. The van der Waals surface area contributed by atoms with Crippen LogP contribution in [-0.4, -0.2) is 26.5 Å². The second kappa shape index (κ2) is 9.79. The molecule has 6 rings (SSSR count). The van der Waals surface area contributed by atoms with Gasteiger partial charge in [0.25, 0.3) is 0 Å². The largest absolute Gasteiger partial charge is 0.454 e. The van der Waals surface area contributed by atoms with E-state index in [0.29, 0.717) is 6.54 Å². The van der Waals surface area contributed by atoms with Gasteiger partial charge in [0.15, 0.2) is 22.5 Å². The van der Waals surface area contributed by atoms with Crippen molar-refractivity contribution in [1.82, 2.24) is 19.7 Å². The standard InChI is InChI=1S/C28H21BrN4O2S/c1-2-13-33-27(31-32-28(33)36-16-18-7-10-20(29)11-8-18)22-15-24(30-23-6-4-3-5-21(22)23)19-9-12-25-26(14-19)35-17-34-25/h2-12,14-15H,1,13,16-17H2. The van der Waals surface area contributed by atoms with Gasteiger partial charge in [0.2, 0.25) is 6.79 Å². The lowest BCUT2D eigenvalue weighted by Gasteiger charge is -2.12. The van der Waals surface area contributed by atoms with Crippen molar-refractivity contribution in [3.05, 3.63) is 95.5 Å². The van der Waals surface area contributed by atoms with Crippen molar-refractivity contribution in [2.75, 3.05) is 6.79 Å². The Morgan fingerprint density at radius 3 is 2.67 bits per heavy atom. The fourth-order valence-corrected chi connectivity index (χ4v) is 5.35. The molecule has 3 aromatic carbocycles. The molecular formula is C28H21BrN4O2S. The van der Waals surface area contributed by atoms with E-state index in [1.165, 1.54) is 5.56 Å². The Hall–Kier alpha value is -3.62. The van der Waals surface area contributed by atoms with E-state index in [9.17, 15) is 0 Å². The minimum atomic E-state index is 0.237. The van der Waals surface area contributed by atoms with E-state index in [-0.39, 0.29) is 6.79 Å². The first kappa shape index (κ1) is 22.8. The number of ether oxygens (including phenoxy) is 2. The molecule has 0 unspecified atom stereocenters. The van der Waals surface area contributed by atoms with Crippen LogP contribution in [-0.2, 0) is 12.3 Å². The molecule has 0 saturated heterocycles. The summed E-state index contributed by atoms with van der Waals surface area (Å²) >= 11 is 5.16. The first-order chi connectivity index (χ1) is 17.7. The van der Waals surface area contributed by atoms with Crippen molar-refractivity contribution in [1.29, 1.82) is 0 Å². The Bertz CT molecular complexity index is 1580. The summed E-state index contributed by atoms with van der Waals surface area (Å²) < 4.78 is 14.3. The van der Waals surface area contributed by atoms with Crippen LogP contribution in [0.4, 0.5) is 0 Å². The first-order valence-corrected chi connectivity index (χ1v) is 13.2. The van der Waals surface area contributed by atoms with Gasteiger partial charge >= 0.3 is 0 Å². The molecule has 0 saturated carbocycles. The smallest absolute Gasteiger partial charge is 0.231 e. The Kier molecular flexibility index (Phi) is 6.21. The quantitative estimate of drug-likeness (QED) is 0.157. The zero-order valence-electron chi connectivity index (χ0n) is 19.2. The number of benzene rings is 3. The third-order valence-electron chi connectivity index (χ3n) is 5.94. The zero-order chi connectivity index (χ0) is 24.5. The van der Waals surface area contributed by atoms with E-state index in [1.807, 2.05) is 42.5 Å². The van der Waals surface area contributed by atoms with Gasteiger partial charge in [0.1, 0.15) is 0 Å². The van der Waals surface area contributed by atoms with Gasteiger partial charge < -0.3 is 9.47 Å². The highest BCUT2D eigenvalue weighted by atomic mass is 79.9. The van der Waals surface area contributed by atoms with Gasteiger partial charge in [-0.2, -0.15) is 0 Å². The summed E-state index contributed by atoms with van der Waals surface area (Å²) in [6.07, 6.45) is 1.87. The normalized spacial score (nSPS) is 12.2. The maximum absolute atomic E-state index is 5.59. The molecule has 6 nitrogen and oxygen atoms in total. The van der Waals surface area contributed by atoms with Crippen molar-refractivity contribution < 1.29 is 9.47 Å². The Morgan fingerprint density at radius 2 is 1.81 bits per heavy atom. The lowest BCUT2D eigenvalue weighted by Crippen LogP contribution is -2.02. The average molecular weight is 557 g/mol. The minimum Gasteiger partial charge on any atom is -0.454 e. The topological polar surface area (TPSA) is 62.1 Å². The molecule has 8 heteroatoms. The van der Waals surface area contributed by atoms with Gasteiger partial charge in [-0.1, -0.05) is 64.1 Å². The van der Waals surface area contributed by atoms with E-state index >= 15 is 0 Å². The van der Waals surface area contributed by atoms with Gasteiger partial charge in [-0.05, 0) is 48.0 Å². The van der Waals surface area contributed by atoms with Crippen molar-refractivity contribution in [2.24, 2.45) is 0 Å². The molecule has 178 valence electrons.